The molecule has 1 N–H and O–H groups in total. The minimum absolute atomic E-state index is 0.00996. The van der Waals surface area contributed by atoms with Crippen LogP contribution in [0.1, 0.15) is 24.5 Å². The third-order valence-electron chi connectivity index (χ3n) is 3.74. The fourth-order valence-electron chi connectivity index (χ4n) is 2.50. The number of carbonyl (C=O) groups is 2. The molecule has 2 aromatic carbocycles. The number of hydrogen-bond acceptors (Lipinski definition) is 3. The normalized spacial score (nSPS) is 11.5. The van der Waals surface area contributed by atoms with Crippen molar-refractivity contribution in [2.45, 2.75) is 32.2 Å². The Bertz CT molecular complexity index is 640. The van der Waals surface area contributed by atoms with Gasteiger partial charge in [0.25, 0.3) is 0 Å². The van der Waals surface area contributed by atoms with Gasteiger partial charge in [0.1, 0.15) is 0 Å². The van der Waals surface area contributed by atoms with Gasteiger partial charge in [-0.1, -0.05) is 60.7 Å². The molecule has 2 rings (SSSR count). The summed E-state index contributed by atoms with van der Waals surface area (Å²) in [4.78, 5) is 24.3. The van der Waals surface area contributed by atoms with Crippen molar-refractivity contribution in [3.8, 4) is 0 Å². The number of aryl methyl sites for hydroxylation is 1. The standard InChI is InChI=1S/C20H23NO3/c1-2-24-20(23)21-18(15-17-11-7-4-8-12-17)19(22)14-13-16-9-5-3-6-10-16/h3-12,18H,2,13-15H2,1H3,(H,21,23)/t18-/m0/s1. The minimum atomic E-state index is -0.574. The number of nitrogens with one attached hydrogen (secondary N) is 1. The van der Waals surface area contributed by atoms with Gasteiger partial charge in [-0.2, -0.15) is 0 Å². The molecule has 0 saturated heterocycles. The number of alkyl carbamates (subject to hydrolysis) is 1. The van der Waals surface area contributed by atoms with Crippen molar-refractivity contribution >= 4 is 11.9 Å². The SMILES string of the molecule is CCOC(=O)N[C@@H](Cc1ccccc1)C(=O)CCc1ccccc1. The van der Waals surface area contributed by atoms with E-state index in [0.717, 1.165) is 11.1 Å². The summed E-state index contributed by atoms with van der Waals surface area (Å²) in [5, 5.41) is 2.69. The third-order valence-corrected chi connectivity index (χ3v) is 3.74. The molecule has 1 atom stereocenters. The molecule has 0 aromatic heterocycles. The first-order valence-corrected chi connectivity index (χ1v) is 8.23. The Morgan fingerprint density at radius 2 is 1.54 bits per heavy atom. The lowest BCUT2D eigenvalue weighted by Crippen LogP contribution is -2.42. The predicted molar refractivity (Wildman–Crippen MR) is 93.9 cm³/mol. The van der Waals surface area contributed by atoms with Crippen molar-refractivity contribution in [3.05, 3.63) is 71.8 Å². The molecule has 4 heteroatoms. The number of hydrogen-bond donors (Lipinski definition) is 1. The highest BCUT2D eigenvalue weighted by atomic mass is 16.5. The quantitative estimate of drug-likeness (QED) is 0.807. The number of rotatable bonds is 8. The van der Waals surface area contributed by atoms with E-state index in [4.69, 9.17) is 4.74 Å². The van der Waals surface area contributed by atoms with Gasteiger partial charge >= 0.3 is 6.09 Å². The maximum absolute atomic E-state index is 12.6. The zero-order valence-electron chi connectivity index (χ0n) is 13.9. The van der Waals surface area contributed by atoms with Gasteiger partial charge in [-0.25, -0.2) is 4.79 Å². The Labute approximate surface area is 142 Å². The lowest BCUT2D eigenvalue weighted by atomic mass is 9.98. The molecule has 24 heavy (non-hydrogen) atoms. The van der Waals surface area contributed by atoms with Crippen molar-refractivity contribution in [1.82, 2.24) is 5.32 Å². The van der Waals surface area contributed by atoms with E-state index in [2.05, 4.69) is 5.32 Å². The molecule has 0 saturated carbocycles. The van der Waals surface area contributed by atoms with Gasteiger partial charge < -0.3 is 10.1 Å². The first-order valence-electron chi connectivity index (χ1n) is 8.23. The highest BCUT2D eigenvalue weighted by Gasteiger charge is 2.21. The summed E-state index contributed by atoms with van der Waals surface area (Å²) in [5.41, 5.74) is 2.12. The lowest BCUT2D eigenvalue weighted by Gasteiger charge is -2.17. The van der Waals surface area contributed by atoms with Gasteiger partial charge in [0, 0.05) is 6.42 Å². The van der Waals surface area contributed by atoms with Crippen LogP contribution in [-0.2, 0) is 22.4 Å². The van der Waals surface area contributed by atoms with Crippen LogP contribution in [0, 0.1) is 0 Å². The number of amides is 1. The number of ketones is 1. The van der Waals surface area contributed by atoms with Crippen LogP contribution in [0.5, 0.6) is 0 Å². The van der Waals surface area contributed by atoms with Crippen LogP contribution >= 0.6 is 0 Å². The molecular formula is C20H23NO3. The van der Waals surface area contributed by atoms with Crippen LogP contribution < -0.4 is 5.32 Å². The minimum Gasteiger partial charge on any atom is -0.450 e. The van der Waals surface area contributed by atoms with Crippen molar-refractivity contribution in [2.75, 3.05) is 6.61 Å². The molecule has 2 aromatic rings. The van der Waals surface area contributed by atoms with E-state index in [1.54, 1.807) is 6.92 Å². The highest BCUT2D eigenvalue weighted by Crippen LogP contribution is 2.09. The van der Waals surface area contributed by atoms with Crippen LogP contribution in [0.25, 0.3) is 0 Å². The third kappa shape index (κ3) is 5.88. The summed E-state index contributed by atoms with van der Waals surface area (Å²) < 4.78 is 4.92. The first kappa shape index (κ1) is 17.7. The predicted octanol–water partition coefficient (Wildman–Crippen LogP) is 3.55. The van der Waals surface area contributed by atoms with Gasteiger partial charge in [-0.3, -0.25) is 4.79 Å². The average Bonchev–Trinajstić information content (AvgIpc) is 2.61. The highest BCUT2D eigenvalue weighted by molar-refractivity contribution is 5.87. The molecule has 0 unspecified atom stereocenters. The topological polar surface area (TPSA) is 55.4 Å². The molecule has 0 spiro atoms. The molecular weight excluding hydrogens is 302 g/mol. The largest absolute Gasteiger partial charge is 0.450 e. The molecule has 0 aliphatic rings. The Morgan fingerprint density at radius 3 is 2.12 bits per heavy atom. The van der Waals surface area contributed by atoms with Gasteiger partial charge in [0.2, 0.25) is 0 Å². The summed E-state index contributed by atoms with van der Waals surface area (Å²) in [5.74, 6) is 0.00996. The Balaban J connectivity index is 2.00. The molecule has 0 aliphatic heterocycles. The van der Waals surface area contributed by atoms with Gasteiger partial charge in [-0.05, 0) is 30.9 Å². The maximum Gasteiger partial charge on any atom is 0.407 e. The molecule has 0 radical (unpaired) electrons. The second-order valence-electron chi connectivity index (χ2n) is 5.56. The van der Waals surface area contributed by atoms with E-state index in [1.807, 2.05) is 60.7 Å². The second-order valence-corrected chi connectivity index (χ2v) is 5.56. The molecule has 126 valence electrons. The van der Waals surface area contributed by atoms with Gasteiger partial charge in [0.15, 0.2) is 5.78 Å². The summed E-state index contributed by atoms with van der Waals surface area (Å²) >= 11 is 0. The Kier molecular flexibility index (Phi) is 7.02. The van der Waals surface area contributed by atoms with E-state index in [1.165, 1.54) is 0 Å². The van der Waals surface area contributed by atoms with Crippen LogP contribution in [-0.4, -0.2) is 24.5 Å². The van der Waals surface area contributed by atoms with Crippen molar-refractivity contribution < 1.29 is 14.3 Å². The number of ether oxygens (including phenoxy) is 1. The summed E-state index contributed by atoms with van der Waals surface area (Å²) in [6, 6.07) is 19.0. The molecule has 0 aliphatic carbocycles. The first-order chi connectivity index (χ1) is 11.7. The molecule has 0 bridgehead atoms. The number of benzene rings is 2. The molecule has 0 heterocycles. The lowest BCUT2D eigenvalue weighted by molar-refractivity contribution is -0.120. The number of carbonyl (C=O) groups excluding carboxylic acids is 2. The molecule has 1 amide bonds. The second kappa shape index (κ2) is 9.50. The van der Waals surface area contributed by atoms with Gasteiger partial charge in [0.05, 0.1) is 12.6 Å². The molecule has 0 fully saturated rings. The maximum atomic E-state index is 12.6. The van der Waals surface area contributed by atoms with E-state index in [-0.39, 0.29) is 12.4 Å². The van der Waals surface area contributed by atoms with Crippen molar-refractivity contribution in [1.29, 1.82) is 0 Å². The fourth-order valence-corrected chi connectivity index (χ4v) is 2.50. The van der Waals surface area contributed by atoms with Crippen LogP contribution in [0.3, 0.4) is 0 Å². The van der Waals surface area contributed by atoms with E-state index in [9.17, 15) is 9.59 Å². The summed E-state index contributed by atoms with van der Waals surface area (Å²) in [7, 11) is 0. The van der Waals surface area contributed by atoms with Crippen LogP contribution in [0.4, 0.5) is 4.79 Å². The Hall–Kier alpha value is -2.62. The van der Waals surface area contributed by atoms with Gasteiger partial charge in [-0.15, -0.1) is 0 Å². The summed E-state index contributed by atoms with van der Waals surface area (Å²) in [6.07, 6.45) is 0.961. The summed E-state index contributed by atoms with van der Waals surface area (Å²) in [6.45, 7) is 2.02. The number of Topliss-reactive ketones (excluding diaryl/α,β-unsaturated/α-hetero) is 1. The monoisotopic (exact) mass is 325 g/mol. The van der Waals surface area contributed by atoms with E-state index < -0.39 is 12.1 Å². The smallest absolute Gasteiger partial charge is 0.407 e. The molecule has 4 nitrogen and oxygen atoms in total. The van der Waals surface area contributed by atoms with E-state index >= 15 is 0 Å². The Morgan fingerprint density at radius 1 is 0.958 bits per heavy atom. The van der Waals surface area contributed by atoms with Crippen molar-refractivity contribution in [2.24, 2.45) is 0 Å². The van der Waals surface area contributed by atoms with Crippen molar-refractivity contribution in [3.63, 3.8) is 0 Å². The van der Waals surface area contributed by atoms with Crippen LogP contribution in [0.15, 0.2) is 60.7 Å². The van der Waals surface area contributed by atoms with Crippen LogP contribution in [0.2, 0.25) is 0 Å². The fraction of sp³-hybridized carbons (Fsp3) is 0.300. The zero-order valence-corrected chi connectivity index (χ0v) is 13.9. The zero-order chi connectivity index (χ0) is 17.2. The average molecular weight is 325 g/mol. The van der Waals surface area contributed by atoms with E-state index in [0.29, 0.717) is 19.3 Å².